The van der Waals surface area contributed by atoms with E-state index in [0.29, 0.717) is 5.82 Å². The van der Waals surface area contributed by atoms with Gasteiger partial charge < -0.3 is 10.5 Å². The van der Waals surface area contributed by atoms with Gasteiger partial charge in [-0.2, -0.15) is 0 Å². The zero-order valence-corrected chi connectivity index (χ0v) is 12.6. The van der Waals surface area contributed by atoms with Crippen molar-refractivity contribution in [1.29, 1.82) is 0 Å². The Bertz CT molecular complexity index is 735. The van der Waals surface area contributed by atoms with Gasteiger partial charge in [0, 0.05) is 5.56 Å². The van der Waals surface area contributed by atoms with Crippen LogP contribution in [0.5, 0.6) is 5.75 Å². The van der Waals surface area contributed by atoms with Crippen LogP contribution in [0.1, 0.15) is 0 Å². The van der Waals surface area contributed by atoms with Gasteiger partial charge in [-0.15, -0.1) is 11.3 Å². The first-order valence-corrected chi connectivity index (χ1v) is 7.28. The van der Waals surface area contributed by atoms with Crippen molar-refractivity contribution in [2.45, 2.75) is 0 Å². The molecule has 2 N–H and O–H groups in total. The van der Waals surface area contributed by atoms with E-state index >= 15 is 0 Å². The summed E-state index contributed by atoms with van der Waals surface area (Å²) in [5, 5.41) is 3.22. The molecule has 0 radical (unpaired) electrons. The lowest BCUT2D eigenvalue weighted by atomic mass is 10.1. The first-order chi connectivity index (χ1) is 9.17. The molecular formula is C14H11BrN2OS. The molecule has 0 saturated heterocycles. The summed E-state index contributed by atoms with van der Waals surface area (Å²) < 4.78 is 6.10. The summed E-state index contributed by atoms with van der Waals surface area (Å²) >= 11 is 4.94. The summed E-state index contributed by atoms with van der Waals surface area (Å²) in [6, 6.07) is 12.2. The van der Waals surface area contributed by atoms with E-state index in [2.05, 4.69) is 33.0 Å². The second kappa shape index (κ2) is 4.83. The Kier molecular flexibility index (Phi) is 3.16. The topological polar surface area (TPSA) is 48.1 Å². The average molecular weight is 335 g/mol. The van der Waals surface area contributed by atoms with Crippen LogP contribution < -0.4 is 10.5 Å². The lowest BCUT2D eigenvalue weighted by Crippen LogP contribution is -1.85. The Balaban J connectivity index is 2.11. The molecule has 1 aromatic heterocycles. The lowest BCUT2D eigenvalue weighted by Gasteiger charge is -2.04. The molecule has 0 amide bonds. The van der Waals surface area contributed by atoms with Crippen LogP contribution in [0.4, 0.5) is 5.82 Å². The van der Waals surface area contributed by atoms with Gasteiger partial charge in [-0.3, -0.25) is 0 Å². The fourth-order valence-electron chi connectivity index (χ4n) is 1.92. The first kappa shape index (κ1) is 12.4. The number of halogens is 1. The number of nitrogen functional groups attached to an aromatic ring is 1. The number of methoxy groups -OCH3 is 1. The third-order valence-electron chi connectivity index (χ3n) is 2.90. The molecule has 0 fully saturated rings. The Morgan fingerprint density at radius 1 is 1.16 bits per heavy atom. The molecule has 0 aliphatic heterocycles. The van der Waals surface area contributed by atoms with E-state index in [9.17, 15) is 0 Å². The summed E-state index contributed by atoms with van der Waals surface area (Å²) in [5.41, 5.74) is 6.83. The SMILES string of the molecule is COc1ccc2cc(-c3nc(N)c(Br)s3)ccc2c1. The summed E-state index contributed by atoms with van der Waals surface area (Å²) in [6.45, 7) is 0. The number of fused-ring (bicyclic) bond motifs is 1. The van der Waals surface area contributed by atoms with E-state index in [1.54, 1.807) is 7.11 Å². The predicted octanol–water partition coefficient (Wildman–Crippen LogP) is 4.32. The van der Waals surface area contributed by atoms with Crippen LogP contribution in [-0.4, -0.2) is 12.1 Å². The minimum atomic E-state index is 0.537. The standard InChI is InChI=1S/C14H11BrN2OS/c1-18-11-5-4-8-6-10(3-2-9(8)7-11)14-17-13(16)12(15)19-14/h2-7H,16H2,1H3. The fourth-order valence-corrected chi connectivity index (χ4v) is 3.18. The molecule has 0 atom stereocenters. The minimum Gasteiger partial charge on any atom is -0.497 e. The average Bonchev–Trinajstić information content (AvgIpc) is 2.77. The van der Waals surface area contributed by atoms with Crippen LogP contribution in [-0.2, 0) is 0 Å². The molecule has 2 aromatic carbocycles. The molecule has 3 aromatic rings. The molecule has 0 aliphatic rings. The fraction of sp³-hybridized carbons (Fsp3) is 0.0714. The second-order valence-electron chi connectivity index (χ2n) is 4.11. The number of anilines is 1. The molecule has 0 spiro atoms. The van der Waals surface area contributed by atoms with Crippen molar-refractivity contribution >= 4 is 43.9 Å². The zero-order valence-electron chi connectivity index (χ0n) is 10.2. The van der Waals surface area contributed by atoms with Crippen LogP contribution in [0.15, 0.2) is 40.2 Å². The molecule has 1 heterocycles. The molecule has 0 bridgehead atoms. The van der Waals surface area contributed by atoms with E-state index in [0.717, 1.165) is 30.9 Å². The maximum atomic E-state index is 5.76. The van der Waals surface area contributed by atoms with E-state index in [1.165, 1.54) is 11.3 Å². The van der Waals surface area contributed by atoms with Crippen molar-refractivity contribution in [1.82, 2.24) is 4.98 Å². The lowest BCUT2D eigenvalue weighted by molar-refractivity contribution is 0.415. The number of thiazole rings is 1. The van der Waals surface area contributed by atoms with Gasteiger partial charge in [-0.05, 0) is 44.9 Å². The van der Waals surface area contributed by atoms with Gasteiger partial charge in [0.05, 0.1) is 7.11 Å². The summed E-state index contributed by atoms with van der Waals surface area (Å²) in [5.74, 6) is 1.40. The highest BCUT2D eigenvalue weighted by atomic mass is 79.9. The number of rotatable bonds is 2. The van der Waals surface area contributed by atoms with Gasteiger partial charge in [0.25, 0.3) is 0 Å². The maximum Gasteiger partial charge on any atom is 0.149 e. The number of ether oxygens (including phenoxy) is 1. The van der Waals surface area contributed by atoms with Crippen LogP contribution in [0.2, 0.25) is 0 Å². The third-order valence-corrected chi connectivity index (χ3v) is 4.70. The maximum absolute atomic E-state index is 5.76. The zero-order chi connectivity index (χ0) is 13.4. The third kappa shape index (κ3) is 2.31. The Hall–Kier alpha value is -1.59. The van der Waals surface area contributed by atoms with Crippen molar-refractivity contribution < 1.29 is 4.74 Å². The quantitative estimate of drug-likeness (QED) is 0.759. The number of hydrogen-bond acceptors (Lipinski definition) is 4. The molecule has 96 valence electrons. The van der Waals surface area contributed by atoms with E-state index in [-0.39, 0.29) is 0 Å². The molecule has 5 heteroatoms. The number of benzene rings is 2. The van der Waals surface area contributed by atoms with Gasteiger partial charge >= 0.3 is 0 Å². The van der Waals surface area contributed by atoms with E-state index < -0.39 is 0 Å². The Labute approximate surface area is 123 Å². The Morgan fingerprint density at radius 2 is 1.89 bits per heavy atom. The van der Waals surface area contributed by atoms with Gasteiger partial charge in [0.2, 0.25) is 0 Å². The van der Waals surface area contributed by atoms with Gasteiger partial charge in [0.1, 0.15) is 20.4 Å². The van der Waals surface area contributed by atoms with Crippen LogP contribution >= 0.6 is 27.3 Å². The number of hydrogen-bond donors (Lipinski definition) is 1. The smallest absolute Gasteiger partial charge is 0.149 e. The number of nitrogens with two attached hydrogens (primary N) is 1. The molecule has 19 heavy (non-hydrogen) atoms. The highest BCUT2D eigenvalue weighted by molar-refractivity contribution is 9.11. The largest absolute Gasteiger partial charge is 0.497 e. The highest BCUT2D eigenvalue weighted by Gasteiger charge is 2.08. The van der Waals surface area contributed by atoms with Crippen LogP contribution in [0.3, 0.4) is 0 Å². The van der Waals surface area contributed by atoms with E-state index in [1.807, 2.05) is 24.3 Å². The molecule has 3 nitrogen and oxygen atoms in total. The first-order valence-electron chi connectivity index (χ1n) is 5.67. The number of nitrogens with zero attached hydrogens (tertiary/aromatic N) is 1. The van der Waals surface area contributed by atoms with Crippen molar-refractivity contribution in [2.75, 3.05) is 12.8 Å². The van der Waals surface area contributed by atoms with Crippen molar-refractivity contribution in [2.24, 2.45) is 0 Å². The Morgan fingerprint density at radius 3 is 2.58 bits per heavy atom. The minimum absolute atomic E-state index is 0.537. The predicted molar refractivity (Wildman–Crippen MR) is 83.7 cm³/mol. The van der Waals surface area contributed by atoms with Crippen LogP contribution in [0.25, 0.3) is 21.3 Å². The molecule has 0 saturated carbocycles. The van der Waals surface area contributed by atoms with E-state index in [4.69, 9.17) is 10.5 Å². The van der Waals surface area contributed by atoms with Gasteiger partial charge in [0.15, 0.2) is 0 Å². The second-order valence-corrected chi connectivity index (χ2v) is 6.42. The number of aromatic nitrogens is 1. The van der Waals surface area contributed by atoms with Crippen molar-refractivity contribution in [3.63, 3.8) is 0 Å². The van der Waals surface area contributed by atoms with Crippen molar-refractivity contribution in [3.05, 3.63) is 40.2 Å². The summed E-state index contributed by atoms with van der Waals surface area (Å²) in [4.78, 5) is 4.35. The highest BCUT2D eigenvalue weighted by Crippen LogP contribution is 2.35. The summed E-state index contributed by atoms with van der Waals surface area (Å²) in [6.07, 6.45) is 0. The molecular weight excluding hydrogens is 324 g/mol. The van der Waals surface area contributed by atoms with Gasteiger partial charge in [-0.25, -0.2) is 4.98 Å². The van der Waals surface area contributed by atoms with Gasteiger partial charge in [-0.1, -0.05) is 18.2 Å². The summed E-state index contributed by atoms with van der Waals surface area (Å²) in [7, 11) is 1.67. The molecule has 3 rings (SSSR count). The van der Waals surface area contributed by atoms with Crippen molar-refractivity contribution in [3.8, 4) is 16.3 Å². The van der Waals surface area contributed by atoms with Crippen LogP contribution in [0, 0.1) is 0 Å². The molecule has 0 aliphatic carbocycles. The normalized spacial score (nSPS) is 10.8. The molecule has 0 unspecified atom stereocenters. The monoisotopic (exact) mass is 334 g/mol.